The molecule has 2 aromatic rings. The standard InChI is InChI=1S/C17H20N4/c1-2-6-13(11-18)14-12-20-17-16(14)15(7-8-19-17)21-9-4-3-5-10-21/h2,6-8,11-12,18H,1,3-5,9-10H2,(H,19,20)/b13-6+,18-11?. The SMILES string of the molecule is C=C/C=C(\C=N)c1c[nH]c2nccc(N3CCCCC3)c12. The van der Waals surface area contributed by atoms with Gasteiger partial charge < -0.3 is 15.3 Å². The molecular formula is C17H20N4. The number of hydrogen-bond acceptors (Lipinski definition) is 3. The van der Waals surface area contributed by atoms with Gasteiger partial charge in [0.05, 0.1) is 0 Å². The van der Waals surface area contributed by atoms with Crippen LogP contribution in [-0.4, -0.2) is 29.3 Å². The Balaban J connectivity index is 2.16. The summed E-state index contributed by atoms with van der Waals surface area (Å²) in [5.74, 6) is 0. The summed E-state index contributed by atoms with van der Waals surface area (Å²) >= 11 is 0. The predicted molar refractivity (Wildman–Crippen MR) is 89.1 cm³/mol. The summed E-state index contributed by atoms with van der Waals surface area (Å²) in [7, 11) is 0. The second kappa shape index (κ2) is 5.95. The van der Waals surface area contributed by atoms with Crippen LogP contribution in [0.25, 0.3) is 16.6 Å². The molecule has 0 amide bonds. The molecule has 4 heteroatoms. The van der Waals surface area contributed by atoms with Gasteiger partial charge in [-0.2, -0.15) is 0 Å². The third kappa shape index (κ3) is 2.49. The van der Waals surface area contributed by atoms with Gasteiger partial charge in [-0.1, -0.05) is 18.7 Å². The minimum Gasteiger partial charge on any atom is -0.371 e. The van der Waals surface area contributed by atoms with E-state index in [-0.39, 0.29) is 0 Å². The van der Waals surface area contributed by atoms with Gasteiger partial charge in [-0.05, 0) is 25.3 Å². The molecule has 1 fully saturated rings. The Bertz CT molecular complexity index is 690. The second-order valence-electron chi connectivity index (χ2n) is 5.31. The maximum absolute atomic E-state index is 7.64. The van der Waals surface area contributed by atoms with Crippen LogP contribution in [0.3, 0.4) is 0 Å². The van der Waals surface area contributed by atoms with Crippen LogP contribution in [0, 0.1) is 5.41 Å². The number of allylic oxidation sites excluding steroid dienone is 3. The molecule has 0 unspecified atom stereocenters. The fourth-order valence-electron chi connectivity index (χ4n) is 3.01. The number of anilines is 1. The molecule has 3 heterocycles. The van der Waals surface area contributed by atoms with Crippen LogP contribution in [0.1, 0.15) is 24.8 Å². The molecule has 3 rings (SSSR count). The molecule has 0 atom stereocenters. The van der Waals surface area contributed by atoms with Crippen molar-refractivity contribution in [2.24, 2.45) is 0 Å². The van der Waals surface area contributed by atoms with Gasteiger partial charge in [0.2, 0.25) is 0 Å². The molecule has 2 aromatic heterocycles. The van der Waals surface area contributed by atoms with Crippen molar-refractivity contribution in [2.75, 3.05) is 18.0 Å². The molecule has 0 aromatic carbocycles. The Kier molecular flexibility index (Phi) is 3.86. The molecule has 0 aliphatic carbocycles. The maximum atomic E-state index is 7.64. The maximum Gasteiger partial charge on any atom is 0.139 e. The highest BCUT2D eigenvalue weighted by molar-refractivity contribution is 6.15. The van der Waals surface area contributed by atoms with E-state index < -0.39 is 0 Å². The van der Waals surface area contributed by atoms with E-state index in [0.717, 1.165) is 35.3 Å². The second-order valence-corrected chi connectivity index (χ2v) is 5.31. The molecule has 0 radical (unpaired) electrons. The van der Waals surface area contributed by atoms with Crippen molar-refractivity contribution >= 4 is 28.5 Å². The summed E-state index contributed by atoms with van der Waals surface area (Å²) in [6.45, 7) is 5.92. The number of nitrogens with zero attached hydrogens (tertiary/aromatic N) is 2. The number of rotatable bonds is 4. The highest BCUT2D eigenvalue weighted by Crippen LogP contribution is 2.33. The van der Waals surface area contributed by atoms with Crippen molar-refractivity contribution in [3.05, 3.63) is 42.8 Å². The van der Waals surface area contributed by atoms with E-state index in [1.54, 1.807) is 6.08 Å². The first-order chi connectivity index (χ1) is 10.3. The Labute approximate surface area is 124 Å². The Morgan fingerprint density at radius 3 is 2.86 bits per heavy atom. The monoisotopic (exact) mass is 280 g/mol. The van der Waals surface area contributed by atoms with Crippen LogP contribution in [0.2, 0.25) is 0 Å². The van der Waals surface area contributed by atoms with Gasteiger partial charge in [-0.15, -0.1) is 0 Å². The van der Waals surface area contributed by atoms with Gasteiger partial charge in [-0.3, -0.25) is 0 Å². The predicted octanol–water partition coefficient (Wildman–Crippen LogP) is 3.77. The summed E-state index contributed by atoms with van der Waals surface area (Å²) in [6, 6.07) is 2.08. The van der Waals surface area contributed by atoms with Crippen molar-refractivity contribution in [3.63, 3.8) is 0 Å². The van der Waals surface area contributed by atoms with Gasteiger partial charge in [0.25, 0.3) is 0 Å². The van der Waals surface area contributed by atoms with E-state index >= 15 is 0 Å². The zero-order valence-electron chi connectivity index (χ0n) is 12.1. The minimum absolute atomic E-state index is 0.850. The zero-order chi connectivity index (χ0) is 14.7. The number of piperidine rings is 1. The lowest BCUT2D eigenvalue weighted by Gasteiger charge is -2.29. The highest BCUT2D eigenvalue weighted by atomic mass is 15.1. The first kappa shape index (κ1) is 13.6. The lowest BCUT2D eigenvalue weighted by Crippen LogP contribution is -2.29. The summed E-state index contributed by atoms with van der Waals surface area (Å²) in [6.07, 6.45) is 12.5. The molecule has 2 N–H and O–H groups in total. The van der Waals surface area contributed by atoms with Gasteiger partial charge in [0.1, 0.15) is 5.65 Å². The lowest BCUT2D eigenvalue weighted by atomic mass is 10.0. The normalized spacial score (nSPS) is 16.2. The van der Waals surface area contributed by atoms with E-state index in [4.69, 9.17) is 5.41 Å². The third-order valence-corrected chi connectivity index (χ3v) is 4.01. The van der Waals surface area contributed by atoms with E-state index in [1.165, 1.54) is 31.2 Å². The van der Waals surface area contributed by atoms with Crippen LogP contribution < -0.4 is 4.90 Å². The van der Waals surface area contributed by atoms with E-state index in [9.17, 15) is 0 Å². The van der Waals surface area contributed by atoms with Crippen molar-refractivity contribution in [1.29, 1.82) is 5.41 Å². The fraction of sp³-hybridized carbons (Fsp3) is 0.294. The molecule has 4 nitrogen and oxygen atoms in total. The third-order valence-electron chi connectivity index (χ3n) is 4.01. The first-order valence-electron chi connectivity index (χ1n) is 7.39. The van der Waals surface area contributed by atoms with Crippen molar-refractivity contribution in [1.82, 2.24) is 9.97 Å². The lowest BCUT2D eigenvalue weighted by molar-refractivity contribution is 0.579. The molecular weight excluding hydrogens is 260 g/mol. The minimum atomic E-state index is 0.850. The number of H-pyrrole nitrogens is 1. The number of aromatic amines is 1. The molecule has 108 valence electrons. The summed E-state index contributed by atoms with van der Waals surface area (Å²) in [5.41, 5.74) is 3.97. The molecule has 1 aliphatic heterocycles. The molecule has 21 heavy (non-hydrogen) atoms. The molecule has 0 spiro atoms. The van der Waals surface area contributed by atoms with E-state index in [2.05, 4.69) is 27.5 Å². The van der Waals surface area contributed by atoms with Gasteiger partial charge in [0.15, 0.2) is 0 Å². The Hall–Kier alpha value is -2.36. The largest absolute Gasteiger partial charge is 0.371 e. The average molecular weight is 280 g/mol. The smallest absolute Gasteiger partial charge is 0.139 e. The van der Waals surface area contributed by atoms with E-state index in [1.807, 2.05) is 18.5 Å². The van der Waals surface area contributed by atoms with Crippen molar-refractivity contribution < 1.29 is 0 Å². The Morgan fingerprint density at radius 1 is 1.33 bits per heavy atom. The zero-order valence-corrected chi connectivity index (χ0v) is 12.1. The molecule has 0 bridgehead atoms. The van der Waals surface area contributed by atoms with Crippen molar-refractivity contribution in [2.45, 2.75) is 19.3 Å². The Morgan fingerprint density at radius 2 is 2.14 bits per heavy atom. The first-order valence-corrected chi connectivity index (χ1v) is 7.39. The van der Waals surface area contributed by atoms with Gasteiger partial charge >= 0.3 is 0 Å². The number of hydrogen-bond donors (Lipinski definition) is 2. The number of aromatic nitrogens is 2. The summed E-state index contributed by atoms with van der Waals surface area (Å²) in [5, 5.41) is 8.75. The quantitative estimate of drug-likeness (QED) is 0.661. The fourth-order valence-corrected chi connectivity index (χ4v) is 3.01. The van der Waals surface area contributed by atoms with Crippen LogP contribution in [0.5, 0.6) is 0 Å². The number of fused-ring (bicyclic) bond motifs is 1. The van der Waals surface area contributed by atoms with Crippen LogP contribution in [-0.2, 0) is 0 Å². The molecule has 1 aliphatic rings. The van der Waals surface area contributed by atoms with Crippen LogP contribution in [0.15, 0.2) is 37.2 Å². The molecule has 1 saturated heterocycles. The average Bonchev–Trinajstić information content (AvgIpc) is 2.97. The van der Waals surface area contributed by atoms with Gasteiger partial charge in [-0.25, -0.2) is 4.98 Å². The highest BCUT2D eigenvalue weighted by Gasteiger charge is 2.18. The van der Waals surface area contributed by atoms with Gasteiger partial charge in [0, 0.05) is 53.9 Å². The topological polar surface area (TPSA) is 55.8 Å². The number of nitrogens with one attached hydrogen (secondary N) is 2. The molecule has 0 saturated carbocycles. The van der Waals surface area contributed by atoms with Crippen LogP contribution >= 0.6 is 0 Å². The summed E-state index contributed by atoms with van der Waals surface area (Å²) in [4.78, 5) is 10.1. The summed E-state index contributed by atoms with van der Waals surface area (Å²) < 4.78 is 0. The van der Waals surface area contributed by atoms with E-state index in [0.29, 0.717) is 0 Å². The number of pyridine rings is 1. The van der Waals surface area contributed by atoms with Crippen LogP contribution in [0.4, 0.5) is 5.69 Å². The van der Waals surface area contributed by atoms with Crippen molar-refractivity contribution in [3.8, 4) is 0 Å².